The van der Waals surface area contributed by atoms with Crippen molar-refractivity contribution in [3.63, 3.8) is 0 Å². The molecule has 0 aromatic carbocycles. The summed E-state index contributed by atoms with van der Waals surface area (Å²) in [5, 5.41) is 3.36. The number of pyridine rings is 1. The van der Waals surface area contributed by atoms with Crippen LogP contribution in [0.15, 0.2) is 12.3 Å². The fraction of sp³-hybridized carbons (Fsp3) is 0.643. The van der Waals surface area contributed by atoms with Gasteiger partial charge in [0.2, 0.25) is 0 Å². The molecule has 2 unspecified atom stereocenters. The first kappa shape index (κ1) is 11.8. The molecule has 0 spiro atoms. The van der Waals surface area contributed by atoms with E-state index in [1.807, 2.05) is 6.20 Å². The Balaban J connectivity index is 1.90. The fourth-order valence-electron chi connectivity index (χ4n) is 3.08. The van der Waals surface area contributed by atoms with Gasteiger partial charge in [0.25, 0.3) is 0 Å². The van der Waals surface area contributed by atoms with E-state index in [2.05, 4.69) is 47.1 Å². The zero-order valence-corrected chi connectivity index (χ0v) is 11.5. The van der Waals surface area contributed by atoms with Gasteiger partial charge in [-0.1, -0.05) is 0 Å². The number of fused-ring (bicyclic) bond motifs is 1. The van der Waals surface area contributed by atoms with Crippen molar-refractivity contribution in [1.29, 1.82) is 0 Å². The van der Waals surface area contributed by atoms with E-state index in [1.54, 1.807) is 0 Å². The summed E-state index contributed by atoms with van der Waals surface area (Å²) >= 11 is 0. The summed E-state index contributed by atoms with van der Waals surface area (Å²) in [5.41, 5.74) is 2.79. The summed E-state index contributed by atoms with van der Waals surface area (Å²) in [5.74, 6) is 1.09. The second kappa shape index (κ2) is 4.43. The van der Waals surface area contributed by atoms with E-state index in [0.717, 1.165) is 31.9 Å². The average Bonchev–Trinajstić information content (AvgIpc) is 2.83. The molecule has 4 nitrogen and oxygen atoms in total. The molecule has 1 fully saturated rings. The zero-order valence-electron chi connectivity index (χ0n) is 11.5. The van der Waals surface area contributed by atoms with Gasteiger partial charge >= 0.3 is 0 Å². The number of likely N-dealkylation sites (N-methyl/N-ethyl adjacent to an activating group) is 1. The Kier molecular flexibility index (Phi) is 2.90. The van der Waals surface area contributed by atoms with Crippen LogP contribution in [0, 0.1) is 0 Å². The summed E-state index contributed by atoms with van der Waals surface area (Å²) in [4.78, 5) is 9.42. The summed E-state index contributed by atoms with van der Waals surface area (Å²) in [6, 6.07) is 3.38. The van der Waals surface area contributed by atoms with Crippen LogP contribution in [0.4, 0.5) is 11.5 Å². The van der Waals surface area contributed by atoms with Crippen molar-refractivity contribution < 1.29 is 0 Å². The molecule has 1 saturated heterocycles. The number of aromatic nitrogens is 1. The van der Waals surface area contributed by atoms with Gasteiger partial charge in [-0.2, -0.15) is 0 Å². The van der Waals surface area contributed by atoms with Crippen LogP contribution >= 0.6 is 0 Å². The third-order valence-electron chi connectivity index (χ3n) is 4.40. The summed E-state index contributed by atoms with van der Waals surface area (Å²) in [6.07, 6.45) is 3.04. The van der Waals surface area contributed by atoms with Gasteiger partial charge < -0.3 is 10.2 Å². The SMILES string of the molecule is CC1CN(c2ccnc3c2CCN3)CC(C)N1C. The molecule has 1 aromatic rings. The molecule has 0 saturated carbocycles. The minimum absolute atomic E-state index is 0.604. The van der Waals surface area contributed by atoms with Crippen LogP contribution in [0.2, 0.25) is 0 Å². The van der Waals surface area contributed by atoms with Gasteiger partial charge in [-0.15, -0.1) is 0 Å². The van der Waals surface area contributed by atoms with Gasteiger partial charge in [-0.3, -0.25) is 4.90 Å². The minimum atomic E-state index is 0.604. The van der Waals surface area contributed by atoms with Crippen molar-refractivity contribution >= 4 is 11.5 Å². The first-order valence-electron chi connectivity index (χ1n) is 6.85. The van der Waals surface area contributed by atoms with Gasteiger partial charge in [0.05, 0.1) is 0 Å². The van der Waals surface area contributed by atoms with Crippen molar-refractivity contribution in [3.05, 3.63) is 17.8 Å². The highest BCUT2D eigenvalue weighted by atomic mass is 15.3. The molecule has 0 aliphatic carbocycles. The molecule has 0 bridgehead atoms. The van der Waals surface area contributed by atoms with E-state index in [0.29, 0.717) is 12.1 Å². The van der Waals surface area contributed by atoms with Gasteiger partial charge in [0, 0.05) is 49.2 Å². The highest BCUT2D eigenvalue weighted by molar-refractivity contribution is 5.66. The standard InChI is InChI=1S/C14H22N4/c1-10-8-18(9-11(2)17(10)3)13-5-7-16-14-12(13)4-6-15-14/h5,7,10-11H,4,6,8-9H2,1-3H3,(H,15,16). The lowest BCUT2D eigenvalue weighted by Gasteiger charge is -2.44. The Labute approximate surface area is 109 Å². The number of hydrogen-bond acceptors (Lipinski definition) is 4. The maximum Gasteiger partial charge on any atom is 0.131 e. The van der Waals surface area contributed by atoms with Crippen LogP contribution in [0.5, 0.6) is 0 Å². The van der Waals surface area contributed by atoms with E-state index in [9.17, 15) is 0 Å². The van der Waals surface area contributed by atoms with Crippen LogP contribution in [0.1, 0.15) is 19.4 Å². The molecule has 3 heterocycles. The Bertz CT molecular complexity index is 433. The highest BCUT2D eigenvalue weighted by Crippen LogP contribution is 2.31. The number of rotatable bonds is 1. The zero-order chi connectivity index (χ0) is 12.7. The Morgan fingerprint density at radius 3 is 2.72 bits per heavy atom. The monoisotopic (exact) mass is 246 g/mol. The second-order valence-electron chi connectivity index (χ2n) is 5.60. The largest absolute Gasteiger partial charge is 0.369 e. The van der Waals surface area contributed by atoms with Gasteiger partial charge in [0.1, 0.15) is 5.82 Å². The first-order valence-corrected chi connectivity index (χ1v) is 6.85. The lowest BCUT2D eigenvalue weighted by molar-refractivity contribution is 0.170. The molecule has 0 radical (unpaired) electrons. The molecule has 18 heavy (non-hydrogen) atoms. The van der Waals surface area contributed by atoms with Crippen molar-refractivity contribution in [2.45, 2.75) is 32.4 Å². The molecule has 1 N–H and O–H groups in total. The lowest BCUT2D eigenvalue weighted by atomic mass is 10.1. The van der Waals surface area contributed by atoms with Crippen LogP contribution in [0.3, 0.4) is 0 Å². The van der Waals surface area contributed by atoms with Crippen molar-refractivity contribution in [2.24, 2.45) is 0 Å². The normalized spacial score (nSPS) is 28.1. The molecule has 0 amide bonds. The summed E-state index contributed by atoms with van der Waals surface area (Å²) < 4.78 is 0. The maximum atomic E-state index is 4.42. The Hall–Kier alpha value is -1.29. The molecule has 2 aliphatic rings. The maximum absolute atomic E-state index is 4.42. The van der Waals surface area contributed by atoms with Crippen LogP contribution in [-0.4, -0.2) is 48.6 Å². The Morgan fingerprint density at radius 1 is 1.28 bits per heavy atom. The molecule has 3 rings (SSSR count). The van der Waals surface area contributed by atoms with Gasteiger partial charge in [0.15, 0.2) is 0 Å². The predicted octanol–water partition coefficient (Wildman–Crippen LogP) is 1.58. The van der Waals surface area contributed by atoms with Gasteiger partial charge in [-0.05, 0) is 33.4 Å². The molecular weight excluding hydrogens is 224 g/mol. The first-order chi connectivity index (χ1) is 8.66. The van der Waals surface area contributed by atoms with Crippen molar-refractivity contribution in [3.8, 4) is 0 Å². The summed E-state index contributed by atoms with van der Waals surface area (Å²) in [7, 11) is 2.23. The fourth-order valence-corrected chi connectivity index (χ4v) is 3.08. The number of nitrogens with zero attached hydrogens (tertiary/aromatic N) is 3. The topological polar surface area (TPSA) is 31.4 Å². The molecule has 1 aromatic heterocycles. The van der Waals surface area contributed by atoms with E-state index < -0.39 is 0 Å². The smallest absolute Gasteiger partial charge is 0.131 e. The summed E-state index contributed by atoms with van der Waals surface area (Å²) in [6.45, 7) is 7.86. The van der Waals surface area contributed by atoms with Gasteiger partial charge in [-0.25, -0.2) is 4.98 Å². The second-order valence-corrected chi connectivity index (χ2v) is 5.60. The van der Waals surface area contributed by atoms with E-state index in [4.69, 9.17) is 0 Å². The molecular formula is C14H22N4. The quantitative estimate of drug-likeness (QED) is 0.815. The van der Waals surface area contributed by atoms with Crippen LogP contribution in [0.25, 0.3) is 0 Å². The minimum Gasteiger partial charge on any atom is -0.369 e. The molecule has 2 atom stereocenters. The van der Waals surface area contributed by atoms with E-state index >= 15 is 0 Å². The third kappa shape index (κ3) is 1.85. The van der Waals surface area contributed by atoms with Crippen molar-refractivity contribution in [1.82, 2.24) is 9.88 Å². The third-order valence-corrected chi connectivity index (χ3v) is 4.40. The Morgan fingerprint density at radius 2 is 2.00 bits per heavy atom. The average molecular weight is 246 g/mol. The van der Waals surface area contributed by atoms with Crippen molar-refractivity contribution in [2.75, 3.05) is 36.9 Å². The molecule has 98 valence electrons. The number of nitrogens with one attached hydrogen (secondary N) is 1. The number of hydrogen-bond donors (Lipinski definition) is 1. The van der Waals surface area contributed by atoms with E-state index in [-0.39, 0.29) is 0 Å². The highest BCUT2D eigenvalue weighted by Gasteiger charge is 2.29. The predicted molar refractivity (Wildman–Crippen MR) is 75.3 cm³/mol. The lowest BCUT2D eigenvalue weighted by Crippen LogP contribution is -2.55. The molecule has 2 aliphatic heterocycles. The van der Waals surface area contributed by atoms with E-state index in [1.165, 1.54) is 11.3 Å². The molecule has 4 heteroatoms. The van der Waals surface area contributed by atoms with Crippen LogP contribution in [-0.2, 0) is 6.42 Å². The number of anilines is 2. The number of piperazine rings is 1. The van der Waals surface area contributed by atoms with Crippen LogP contribution < -0.4 is 10.2 Å².